The Balaban J connectivity index is 2.56. The van der Waals surface area contributed by atoms with Crippen LogP contribution in [0.3, 0.4) is 0 Å². The maximum Gasteiger partial charge on any atom is 0.258 e. The quantitative estimate of drug-likeness (QED) is 0.769. The first-order valence-electron chi connectivity index (χ1n) is 4.51. The average molecular weight is 256 g/mol. The second kappa shape index (κ2) is 4.28. The summed E-state index contributed by atoms with van der Waals surface area (Å²) in [6, 6.07) is 6.93. The highest BCUT2D eigenvalue weighted by Crippen LogP contribution is 2.27. The Labute approximate surface area is 102 Å². The summed E-state index contributed by atoms with van der Waals surface area (Å²) in [4.78, 5) is 11.2. The van der Waals surface area contributed by atoms with Gasteiger partial charge in [-0.15, -0.1) is 0 Å². The van der Waals surface area contributed by atoms with E-state index in [2.05, 4.69) is 5.16 Å². The van der Waals surface area contributed by atoms with E-state index in [1.54, 1.807) is 31.2 Å². The van der Waals surface area contributed by atoms with E-state index in [-0.39, 0.29) is 0 Å². The van der Waals surface area contributed by atoms with E-state index in [0.29, 0.717) is 22.0 Å². The zero-order valence-electron chi connectivity index (χ0n) is 8.33. The van der Waals surface area contributed by atoms with Crippen LogP contribution < -0.4 is 0 Å². The standard InChI is InChI=1S/C11H7Cl2NO2/c1-6-9(11(13)15)10(14-16-6)7-2-4-8(12)5-3-7/h2-5H,1H3. The van der Waals surface area contributed by atoms with Crippen molar-refractivity contribution in [2.24, 2.45) is 0 Å². The summed E-state index contributed by atoms with van der Waals surface area (Å²) in [7, 11) is 0. The molecule has 5 heteroatoms. The van der Waals surface area contributed by atoms with Gasteiger partial charge in [0.15, 0.2) is 0 Å². The van der Waals surface area contributed by atoms with E-state index in [9.17, 15) is 4.79 Å². The minimum absolute atomic E-state index is 0.295. The molecule has 0 bridgehead atoms. The van der Waals surface area contributed by atoms with E-state index in [4.69, 9.17) is 27.7 Å². The van der Waals surface area contributed by atoms with Gasteiger partial charge in [0.25, 0.3) is 5.24 Å². The van der Waals surface area contributed by atoms with Crippen LogP contribution in [0.2, 0.25) is 5.02 Å². The third kappa shape index (κ3) is 1.96. The van der Waals surface area contributed by atoms with Crippen molar-refractivity contribution in [2.45, 2.75) is 6.92 Å². The molecule has 0 aliphatic rings. The number of hydrogen-bond acceptors (Lipinski definition) is 3. The van der Waals surface area contributed by atoms with Crippen LogP contribution in [0.15, 0.2) is 28.8 Å². The lowest BCUT2D eigenvalue weighted by Crippen LogP contribution is -1.92. The minimum atomic E-state index is -0.580. The number of halogens is 2. The van der Waals surface area contributed by atoms with Crippen LogP contribution in [0, 0.1) is 6.92 Å². The third-order valence-corrected chi connectivity index (χ3v) is 2.62. The van der Waals surface area contributed by atoms with Gasteiger partial charge in [0.1, 0.15) is 17.0 Å². The Morgan fingerprint density at radius 2 is 1.94 bits per heavy atom. The van der Waals surface area contributed by atoms with Crippen LogP contribution in [0.5, 0.6) is 0 Å². The van der Waals surface area contributed by atoms with Crippen LogP contribution in [-0.2, 0) is 0 Å². The molecule has 1 aromatic heterocycles. The molecule has 0 saturated carbocycles. The van der Waals surface area contributed by atoms with Gasteiger partial charge in [-0.1, -0.05) is 28.9 Å². The van der Waals surface area contributed by atoms with Crippen LogP contribution in [-0.4, -0.2) is 10.4 Å². The molecule has 0 unspecified atom stereocenters. The second-order valence-electron chi connectivity index (χ2n) is 3.24. The molecule has 2 aromatic rings. The molecule has 3 nitrogen and oxygen atoms in total. The fraction of sp³-hybridized carbons (Fsp3) is 0.0909. The zero-order valence-corrected chi connectivity index (χ0v) is 9.84. The summed E-state index contributed by atoms with van der Waals surface area (Å²) in [6.07, 6.45) is 0. The Bertz CT molecular complexity index is 531. The van der Waals surface area contributed by atoms with Crippen molar-refractivity contribution in [1.29, 1.82) is 0 Å². The smallest absolute Gasteiger partial charge is 0.258 e. The van der Waals surface area contributed by atoms with Gasteiger partial charge >= 0.3 is 0 Å². The van der Waals surface area contributed by atoms with E-state index < -0.39 is 5.24 Å². The minimum Gasteiger partial charge on any atom is -0.360 e. The SMILES string of the molecule is Cc1onc(-c2ccc(Cl)cc2)c1C(=O)Cl. The largest absolute Gasteiger partial charge is 0.360 e. The van der Waals surface area contributed by atoms with Gasteiger partial charge in [0.05, 0.1) is 0 Å². The lowest BCUT2D eigenvalue weighted by atomic mass is 10.1. The van der Waals surface area contributed by atoms with Gasteiger partial charge in [-0.25, -0.2) is 0 Å². The van der Waals surface area contributed by atoms with Crippen molar-refractivity contribution in [3.05, 3.63) is 40.6 Å². The van der Waals surface area contributed by atoms with E-state index in [1.807, 2.05) is 0 Å². The molecule has 16 heavy (non-hydrogen) atoms. The van der Waals surface area contributed by atoms with E-state index in [1.165, 1.54) is 0 Å². The van der Waals surface area contributed by atoms with Crippen molar-refractivity contribution >= 4 is 28.4 Å². The molecule has 0 fully saturated rings. The molecule has 0 aliphatic carbocycles. The molecule has 2 rings (SSSR count). The Hall–Kier alpha value is -1.32. The van der Waals surface area contributed by atoms with Crippen molar-refractivity contribution in [2.75, 3.05) is 0 Å². The molecular formula is C11H7Cl2NO2. The third-order valence-electron chi connectivity index (χ3n) is 2.18. The first-order chi connectivity index (χ1) is 7.59. The predicted octanol–water partition coefficient (Wildman–Crippen LogP) is 3.68. The highest BCUT2D eigenvalue weighted by atomic mass is 35.5. The second-order valence-corrected chi connectivity index (χ2v) is 4.02. The highest BCUT2D eigenvalue weighted by molar-refractivity contribution is 6.68. The first-order valence-corrected chi connectivity index (χ1v) is 5.27. The van der Waals surface area contributed by atoms with Crippen LogP contribution >= 0.6 is 23.2 Å². The summed E-state index contributed by atoms with van der Waals surface area (Å²) in [5, 5.41) is 3.85. The molecule has 0 spiro atoms. The summed E-state index contributed by atoms with van der Waals surface area (Å²) >= 11 is 11.2. The highest BCUT2D eigenvalue weighted by Gasteiger charge is 2.19. The Kier molecular flexibility index (Phi) is 2.99. The molecule has 82 valence electrons. The van der Waals surface area contributed by atoms with Crippen molar-refractivity contribution in [1.82, 2.24) is 5.16 Å². The number of aryl methyl sites for hydroxylation is 1. The number of benzene rings is 1. The summed E-state index contributed by atoms with van der Waals surface area (Å²) in [6.45, 7) is 1.64. The molecule has 0 N–H and O–H groups in total. The monoisotopic (exact) mass is 255 g/mol. The topological polar surface area (TPSA) is 43.1 Å². The van der Waals surface area contributed by atoms with Crippen molar-refractivity contribution < 1.29 is 9.32 Å². The molecule has 0 aliphatic heterocycles. The van der Waals surface area contributed by atoms with Gasteiger partial charge in [-0.2, -0.15) is 0 Å². The average Bonchev–Trinajstić information content (AvgIpc) is 2.61. The van der Waals surface area contributed by atoms with E-state index in [0.717, 1.165) is 5.56 Å². The zero-order chi connectivity index (χ0) is 11.7. The molecule has 1 aromatic carbocycles. The molecular weight excluding hydrogens is 249 g/mol. The lowest BCUT2D eigenvalue weighted by Gasteiger charge is -1.98. The molecule has 0 saturated heterocycles. The number of nitrogens with zero attached hydrogens (tertiary/aromatic N) is 1. The molecule has 0 atom stereocenters. The Morgan fingerprint density at radius 3 is 2.50 bits per heavy atom. The predicted molar refractivity (Wildman–Crippen MR) is 61.9 cm³/mol. The first kappa shape index (κ1) is 11.2. The fourth-order valence-corrected chi connectivity index (χ4v) is 1.76. The van der Waals surface area contributed by atoms with Crippen molar-refractivity contribution in [3.63, 3.8) is 0 Å². The maximum atomic E-state index is 11.2. The normalized spacial score (nSPS) is 10.4. The van der Waals surface area contributed by atoms with Crippen molar-refractivity contribution in [3.8, 4) is 11.3 Å². The fourth-order valence-electron chi connectivity index (χ4n) is 1.41. The molecule has 0 radical (unpaired) electrons. The summed E-state index contributed by atoms with van der Waals surface area (Å²) in [5.74, 6) is 0.407. The molecule has 1 heterocycles. The summed E-state index contributed by atoms with van der Waals surface area (Å²) < 4.78 is 4.95. The number of aromatic nitrogens is 1. The van der Waals surface area contributed by atoms with E-state index >= 15 is 0 Å². The molecule has 0 amide bonds. The van der Waals surface area contributed by atoms with Gasteiger partial charge in [-0.05, 0) is 30.7 Å². The number of hydrogen-bond donors (Lipinski definition) is 0. The van der Waals surface area contributed by atoms with Gasteiger partial charge in [0, 0.05) is 10.6 Å². The maximum absolute atomic E-state index is 11.2. The number of carbonyl (C=O) groups is 1. The Morgan fingerprint density at radius 1 is 1.31 bits per heavy atom. The van der Waals surface area contributed by atoms with Gasteiger partial charge in [0.2, 0.25) is 0 Å². The van der Waals surface area contributed by atoms with Crippen LogP contribution in [0.1, 0.15) is 16.1 Å². The summed E-state index contributed by atoms with van der Waals surface area (Å²) in [5.41, 5.74) is 1.48. The lowest BCUT2D eigenvalue weighted by molar-refractivity contribution is 0.108. The van der Waals surface area contributed by atoms with Gasteiger partial charge < -0.3 is 4.52 Å². The van der Waals surface area contributed by atoms with Gasteiger partial charge in [-0.3, -0.25) is 4.79 Å². The van der Waals surface area contributed by atoms with Crippen LogP contribution in [0.4, 0.5) is 0 Å². The number of rotatable bonds is 2. The van der Waals surface area contributed by atoms with Crippen LogP contribution in [0.25, 0.3) is 11.3 Å². The number of carbonyl (C=O) groups excluding carboxylic acids is 1.